The van der Waals surface area contributed by atoms with Crippen molar-refractivity contribution in [2.75, 3.05) is 20.1 Å². The molecule has 0 spiro atoms. The fourth-order valence-corrected chi connectivity index (χ4v) is 3.83. The van der Waals surface area contributed by atoms with Crippen LogP contribution < -0.4 is 5.32 Å². The van der Waals surface area contributed by atoms with Gasteiger partial charge in [0, 0.05) is 31.4 Å². The molecule has 0 bridgehead atoms. The molecule has 1 aliphatic rings. The molecule has 1 saturated heterocycles. The van der Waals surface area contributed by atoms with E-state index in [0.29, 0.717) is 19.5 Å². The number of likely N-dealkylation sites (N-methyl/N-ethyl adjacent to an activating group) is 1. The van der Waals surface area contributed by atoms with Crippen LogP contribution in [0.4, 0.5) is 5.69 Å². The number of nitro groups is 1. The van der Waals surface area contributed by atoms with Crippen LogP contribution in [0.15, 0.2) is 23.4 Å². The molecule has 0 aliphatic carbocycles. The Morgan fingerprint density at radius 3 is 2.86 bits per heavy atom. The van der Waals surface area contributed by atoms with E-state index in [1.807, 2.05) is 0 Å². The second-order valence-electron chi connectivity index (χ2n) is 4.58. The van der Waals surface area contributed by atoms with Crippen molar-refractivity contribution in [2.24, 2.45) is 0 Å². The van der Waals surface area contributed by atoms with E-state index in [1.165, 1.54) is 16.6 Å². The van der Waals surface area contributed by atoms with Gasteiger partial charge in [-0.1, -0.05) is 0 Å². The molecule has 1 aromatic rings. The smallest absolute Gasteiger partial charge is 0.308 e. The lowest BCUT2D eigenvalue weighted by Gasteiger charge is -2.31. The van der Waals surface area contributed by atoms with Gasteiger partial charge in [-0.05, 0) is 26.0 Å². The van der Waals surface area contributed by atoms with Crippen molar-refractivity contribution < 1.29 is 13.3 Å². The highest BCUT2D eigenvalue weighted by molar-refractivity contribution is 7.89. The SMILES string of the molecule is CNC1CCCN(S(=O)(=O)c2ncccc2[N+](=O)[O-])C1.Cl. The number of halogens is 1. The van der Waals surface area contributed by atoms with E-state index in [1.54, 1.807) is 7.05 Å². The number of nitrogens with zero attached hydrogens (tertiary/aromatic N) is 3. The number of sulfonamides is 1. The average molecular weight is 337 g/mol. The minimum atomic E-state index is -3.94. The lowest BCUT2D eigenvalue weighted by molar-refractivity contribution is -0.388. The molecule has 2 heterocycles. The van der Waals surface area contributed by atoms with Gasteiger partial charge in [0.25, 0.3) is 10.0 Å². The van der Waals surface area contributed by atoms with Crippen LogP contribution in [0.3, 0.4) is 0 Å². The van der Waals surface area contributed by atoms with Crippen LogP contribution in [0.25, 0.3) is 0 Å². The highest BCUT2D eigenvalue weighted by Gasteiger charge is 2.35. The highest BCUT2D eigenvalue weighted by Crippen LogP contribution is 2.26. The number of aromatic nitrogens is 1. The van der Waals surface area contributed by atoms with Crippen molar-refractivity contribution in [3.63, 3.8) is 0 Å². The fraction of sp³-hybridized carbons (Fsp3) is 0.545. The van der Waals surface area contributed by atoms with Crippen LogP contribution in [-0.4, -0.2) is 48.8 Å². The molecule has 21 heavy (non-hydrogen) atoms. The predicted octanol–water partition coefficient (Wildman–Crippen LogP) is 0.784. The van der Waals surface area contributed by atoms with Crippen LogP contribution >= 0.6 is 12.4 Å². The number of nitrogens with one attached hydrogen (secondary N) is 1. The maximum Gasteiger partial charge on any atom is 0.308 e. The Balaban J connectivity index is 0.00000220. The Labute approximate surface area is 129 Å². The van der Waals surface area contributed by atoms with Crippen molar-refractivity contribution >= 4 is 28.1 Å². The van der Waals surface area contributed by atoms with Gasteiger partial charge in [0.1, 0.15) is 0 Å². The molecule has 118 valence electrons. The molecule has 0 amide bonds. The number of piperidine rings is 1. The summed E-state index contributed by atoms with van der Waals surface area (Å²) in [4.78, 5) is 13.9. The van der Waals surface area contributed by atoms with E-state index in [-0.39, 0.29) is 18.4 Å². The number of pyridine rings is 1. The zero-order valence-electron chi connectivity index (χ0n) is 11.4. The van der Waals surface area contributed by atoms with E-state index in [2.05, 4.69) is 10.3 Å². The van der Waals surface area contributed by atoms with Gasteiger partial charge >= 0.3 is 5.69 Å². The first-order chi connectivity index (χ1) is 9.46. The third-order valence-corrected chi connectivity index (χ3v) is 5.14. The van der Waals surface area contributed by atoms with Crippen LogP contribution in [-0.2, 0) is 10.0 Å². The van der Waals surface area contributed by atoms with Gasteiger partial charge in [0.05, 0.1) is 4.92 Å². The van der Waals surface area contributed by atoms with Crippen molar-refractivity contribution in [2.45, 2.75) is 23.9 Å². The van der Waals surface area contributed by atoms with Crippen molar-refractivity contribution in [1.29, 1.82) is 0 Å². The van der Waals surface area contributed by atoms with Crippen molar-refractivity contribution in [1.82, 2.24) is 14.6 Å². The first kappa shape index (κ1) is 17.8. The standard InChI is InChI=1S/C11H16N4O4S.ClH/c1-12-9-4-3-7-14(8-9)20(18,19)11-10(15(16)17)5-2-6-13-11;/h2,5-6,9,12H,3-4,7-8H2,1H3;1H. The first-order valence-electron chi connectivity index (χ1n) is 6.23. The third-order valence-electron chi connectivity index (χ3n) is 3.32. The predicted molar refractivity (Wildman–Crippen MR) is 79.0 cm³/mol. The summed E-state index contributed by atoms with van der Waals surface area (Å²) >= 11 is 0. The zero-order chi connectivity index (χ0) is 14.8. The third kappa shape index (κ3) is 3.67. The molecule has 0 saturated carbocycles. The molecular formula is C11H17ClN4O4S. The number of hydrogen-bond donors (Lipinski definition) is 1. The first-order valence-corrected chi connectivity index (χ1v) is 7.67. The summed E-state index contributed by atoms with van der Waals surface area (Å²) in [6.45, 7) is 0.654. The Morgan fingerprint density at radius 2 is 2.24 bits per heavy atom. The molecule has 10 heteroatoms. The summed E-state index contributed by atoms with van der Waals surface area (Å²) in [5, 5.41) is 13.5. The Morgan fingerprint density at radius 1 is 1.52 bits per heavy atom. The zero-order valence-corrected chi connectivity index (χ0v) is 13.1. The lowest BCUT2D eigenvalue weighted by atomic mass is 10.1. The minimum Gasteiger partial charge on any atom is -0.316 e. The summed E-state index contributed by atoms with van der Waals surface area (Å²) in [6, 6.07) is 2.56. The van der Waals surface area contributed by atoms with Gasteiger partial charge in [-0.25, -0.2) is 13.4 Å². The monoisotopic (exact) mass is 336 g/mol. The second kappa shape index (κ2) is 7.12. The molecule has 1 N–H and O–H groups in total. The Kier molecular flexibility index (Phi) is 6.02. The summed E-state index contributed by atoms with van der Waals surface area (Å²) < 4.78 is 26.3. The van der Waals surface area contributed by atoms with E-state index < -0.39 is 25.7 Å². The minimum absolute atomic E-state index is 0. The second-order valence-corrected chi connectivity index (χ2v) is 6.43. The lowest BCUT2D eigenvalue weighted by Crippen LogP contribution is -2.47. The molecule has 0 radical (unpaired) electrons. The molecule has 1 fully saturated rings. The average Bonchev–Trinajstić information content (AvgIpc) is 2.47. The normalized spacial score (nSPS) is 19.8. The Hall–Kier alpha value is -1.29. The quantitative estimate of drug-likeness (QED) is 0.643. The van der Waals surface area contributed by atoms with Crippen LogP contribution in [0.1, 0.15) is 12.8 Å². The Bertz CT molecular complexity index is 610. The van der Waals surface area contributed by atoms with Crippen molar-refractivity contribution in [3.05, 3.63) is 28.4 Å². The molecule has 1 aliphatic heterocycles. The van der Waals surface area contributed by atoms with Gasteiger partial charge in [-0.15, -0.1) is 12.4 Å². The molecule has 8 nitrogen and oxygen atoms in total. The van der Waals surface area contributed by atoms with E-state index >= 15 is 0 Å². The summed E-state index contributed by atoms with van der Waals surface area (Å²) in [7, 11) is -2.17. The molecular weight excluding hydrogens is 320 g/mol. The largest absolute Gasteiger partial charge is 0.316 e. The van der Waals surface area contributed by atoms with Gasteiger partial charge in [-0.2, -0.15) is 4.31 Å². The maximum atomic E-state index is 12.5. The topological polar surface area (TPSA) is 105 Å². The number of rotatable bonds is 4. The molecule has 1 aromatic heterocycles. The van der Waals surface area contributed by atoms with Gasteiger partial charge < -0.3 is 5.32 Å². The molecule has 0 aromatic carbocycles. The van der Waals surface area contributed by atoms with Crippen LogP contribution in [0.5, 0.6) is 0 Å². The van der Waals surface area contributed by atoms with Gasteiger partial charge in [0.15, 0.2) is 0 Å². The summed E-state index contributed by atoms with van der Waals surface area (Å²) in [5.74, 6) is 0. The molecule has 2 rings (SSSR count). The van der Waals surface area contributed by atoms with Crippen LogP contribution in [0.2, 0.25) is 0 Å². The molecule has 1 atom stereocenters. The van der Waals surface area contributed by atoms with E-state index in [9.17, 15) is 18.5 Å². The van der Waals surface area contributed by atoms with Gasteiger partial charge in [0.2, 0.25) is 5.03 Å². The fourth-order valence-electron chi connectivity index (χ4n) is 2.24. The van der Waals surface area contributed by atoms with E-state index in [0.717, 1.165) is 12.5 Å². The molecule has 1 unspecified atom stereocenters. The summed E-state index contributed by atoms with van der Waals surface area (Å²) in [5.41, 5.74) is -0.487. The highest BCUT2D eigenvalue weighted by atomic mass is 35.5. The maximum absolute atomic E-state index is 12.5. The van der Waals surface area contributed by atoms with Gasteiger partial charge in [-0.3, -0.25) is 10.1 Å². The van der Waals surface area contributed by atoms with Crippen LogP contribution in [0, 0.1) is 10.1 Å². The number of hydrogen-bond acceptors (Lipinski definition) is 6. The van der Waals surface area contributed by atoms with E-state index in [4.69, 9.17) is 0 Å². The summed E-state index contributed by atoms with van der Waals surface area (Å²) in [6.07, 6.45) is 2.84. The van der Waals surface area contributed by atoms with Crippen molar-refractivity contribution in [3.8, 4) is 0 Å².